The Morgan fingerprint density at radius 3 is 3.10 bits per heavy atom. The van der Waals surface area contributed by atoms with E-state index in [4.69, 9.17) is 16.3 Å². The average molecular weight is 299 g/mol. The molecule has 1 aromatic heterocycles. The number of ether oxygens (including phenoxy) is 2. The van der Waals surface area contributed by atoms with Gasteiger partial charge in [0.05, 0.1) is 31.8 Å². The molecule has 0 spiro atoms. The van der Waals surface area contributed by atoms with Crippen molar-refractivity contribution in [2.75, 3.05) is 26.8 Å². The summed E-state index contributed by atoms with van der Waals surface area (Å²) in [6, 6.07) is 3.29. The minimum absolute atomic E-state index is 0.126. The number of halogens is 1. The van der Waals surface area contributed by atoms with E-state index in [1.807, 2.05) is 0 Å². The molecular formula is C13H15ClN2O4. The lowest BCUT2D eigenvalue weighted by atomic mass is 10.1. The topological polar surface area (TPSA) is 68.7 Å². The molecule has 1 unspecified atom stereocenters. The van der Waals surface area contributed by atoms with Crippen molar-refractivity contribution in [1.29, 1.82) is 0 Å². The van der Waals surface area contributed by atoms with Crippen molar-refractivity contribution < 1.29 is 19.1 Å². The van der Waals surface area contributed by atoms with Crippen LogP contribution in [-0.2, 0) is 14.3 Å². The van der Waals surface area contributed by atoms with E-state index in [1.54, 1.807) is 17.0 Å². The first-order valence-electron chi connectivity index (χ1n) is 6.20. The van der Waals surface area contributed by atoms with Gasteiger partial charge in [-0.05, 0) is 12.1 Å². The Morgan fingerprint density at radius 1 is 1.60 bits per heavy atom. The molecule has 7 heteroatoms. The number of pyridine rings is 1. The summed E-state index contributed by atoms with van der Waals surface area (Å²) >= 11 is 5.92. The lowest BCUT2D eigenvalue weighted by Crippen LogP contribution is -2.46. The number of hydrogen-bond acceptors (Lipinski definition) is 5. The van der Waals surface area contributed by atoms with Crippen LogP contribution in [0.1, 0.15) is 16.8 Å². The van der Waals surface area contributed by atoms with Crippen molar-refractivity contribution in [3.63, 3.8) is 0 Å². The molecule has 0 radical (unpaired) electrons. The van der Waals surface area contributed by atoms with Gasteiger partial charge < -0.3 is 14.4 Å². The molecule has 108 valence electrons. The number of hydrogen-bond donors (Lipinski definition) is 0. The fourth-order valence-corrected chi connectivity index (χ4v) is 2.21. The largest absolute Gasteiger partial charge is 0.469 e. The van der Waals surface area contributed by atoms with Crippen LogP contribution in [0, 0.1) is 0 Å². The van der Waals surface area contributed by atoms with Crippen molar-refractivity contribution >= 4 is 23.5 Å². The Kier molecular flexibility index (Phi) is 4.92. The highest BCUT2D eigenvalue weighted by molar-refractivity contribution is 6.32. The molecule has 1 aromatic rings. The highest BCUT2D eigenvalue weighted by Gasteiger charge is 2.27. The van der Waals surface area contributed by atoms with Gasteiger partial charge in [-0.2, -0.15) is 0 Å². The van der Waals surface area contributed by atoms with Gasteiger partial charge in [0.1, 0.15) is 5.15 Å². The number of nitrogens with zero attached hydrogens (tertiary/aromatic N) is 2. The summed E-state index contributed by atoms with van der Waals surface area (Å²) in [7, 11) is 1.32. The van der Waals surface area contributed by atoms with Crippen molar-refractivity contribution in [3.8, 4) is 0 Å². The van der Waals surface area contributed by atoms with E-state index < -0.39 is 0 Å². The van der Waals surface area contributed by atoms with Gasteiger partial charge in [-0.3, -0.25) is 9.59 Å². The number of methoxy groups -OCH3 is 1. The van der Waals surface area contributed by atoms with Crippen LogP contribution in [-0.4, -0.2) is 54.7 Å². The molecule has 1 atom stereocenters. The van der Waals surface area contributed by atoms with Crippen LogP contribution in [0.5, 0.6) is 0 Å². The Bertz CT molecular complexity index is 509. The zero-order valence-electron chi connectivity index (χ0n) is 11.0. The average Bonchev–Trinajstić information content (AvgIpc) is 2.47. The molecule has 0 N–H and O–H groups in total. The van der Waals surface area contributed by atoms with Gasteiger partial charge in [-0.15, -0.1) is 0 Å². The van der Waals surface area contributed by atoms with Gasteiger partial charge >= 0.3 is 5.97 Å². The Labute approximate surface area is 121 Å². The smallest absolute Gasteiger partial charge is 0.308 e. The molecule has 1 amide bonds. The first kappa shape index (κ1) is 14.7. The summed E-state index contributed by atoms with van der Waals surface area (Å²) in [5.41, 5.74) is 0.355. The van der Waals surface area contributed by atoms with Gasteiger partial charge in [0.2, 0.25) is 0 Å². The lowest BCUT2D eigenvalue weighted by Gasteiger charge is -2.32. The summed E-state index contributed by atoms with van der Waals surface area (Å²) in [4.78, 5) is 29.1. The number of carbonyl (C=O) groups excluding carboxylic acids is 2. The zero-order valence-corrected chi connectivity index (χ0v) is 11.8. The van der Waals surface area contributed by atoms with Crippen LogP contribution in [0.4, 0.5) is 0 Å². The van der Waals surface area contributed by atoms with Crippen LogP contribution in [0.25, 0.3) is 0 Å². The molecule has 1 saturated heterocycles. The monoisotopic (exact) mass is 298 g/mol. The standard InChI is InChI=1S/C13H15ClN2O4/c1-19-11(17)7-9-8-16(5-6-20-9)13(18)10-3-2-4-15-12(10)14/h2-4,9H,5-8H2,1H3. The van der Waals surface area contributed by atoms with E-state index in [9.17, 15) is 9.59 Å². The second kappa shape index (κ2) is 6.67. The number of amides is 1. The maximum absolute atomic E-state index is 12.4. The Hall–Kier alpha value is -1.66. The summed E-state index contributed by atoms with van der Waals surface area (Å²) < 4.78 is 10.1. The summed E-state index contributed by atoms with van der Waals surface area (Å²) in [5, 5.41) is 0.175. The maximum Gasteiger partial charge on any atom is 0.308 e. The fraction of sp³-hybridized carbons (Fsp3) is 0.462. The normalized spacial score (nSPS) is 18.7. The van der Waals surface area contributed by atoms with E-state index in [0.717, 1.165) is 0 Å². The van der Waals surface area contributed by atoms with Crippen molar-refractivity contribution in [1.82, 2.24) is 9.88 Å². The number of rotatable bonds is 3. The quantitative estimate of drug-likeness (QED) is 0.618. The molecule has 2 heterocycles. The molecule has 0 bridgehead atoms. The molecule has 0 aliphatic carbocycles. The minimum atomic E-state index is -0.358. The first-order chi connectivity index (χ1) is 9.61. The van der Waals surface area contributed by atoms with E-state index in [0.29, 0.717) is 25.3 Å². The third kappa shape index (κ3) is 3.46. The Morgan fingerprint density at radius 2 is 2.40 bits per heavy atom. The van der Waals surface area contributed by atoms with Gasteiger partial charge in [0.15, 0.2) is 0 Å². The predicted octanol–water partition coefficient (Wildman–Crippen LogP) is 1.14. The van der Waals surface area contributed by atoms with Crippen molar-refractivity contribution in [3.05, 3.63) is 29.0 Å². The molecule has 1 aliphatic rings. The summed E-state index contributed by atoms with van der Waals surface area (Å²) in [6.45, 7) is 1.17. The zero-order chi connectivity index (χ0) is 14.5. The fourth-order valence-electron chi connectivity index (χ4n) is 2.01. The molecule has 20 heavy (non-hydrogen) atoms. The van der Waals surface area contributed by atoms with E-state index in [1.165, 1.54) is 13.3 Å². The molecule has 0 saturated carbocycles. The molecular weight excluding hydrogens is 284 g/mol. The number of carbonyl (C=O) groups is 2. The van der Waals surface area contributed by atoms with Gasteiger partial charge in [0.25, 0.3) is 5.91 Å². The van der Waals surface area contributed by atoms with Gasteiger partial charge in [0, 0.05) is 19.3 Å². The van der Waals surface area contributed by atoms with Crippen molar-refractivity contribution in [2.24, 2.45) is 0 Å². The lowest BCUT2D eigenvalue weighted by molar-refractivity contribution is -0.145. The van der Waals surface area contributed by atoms with E-state index >= 15 is 0 Å². The van der Waals surface area contributed by atoms with Crippen LogP contribution < -0.4 is 0 Å². The third-order valence-electron chi connectivity index (χ3n) is 3.04. The highest BCUT2D eigenvalue weighted by Crippen LogP contribution is 2.17. The molecule has 0 aromatic carbocycles. The minimum Gasteiger partial charge on any atom is -0.469 e. The van der Waals surface area contributed by atoms with Gasteiger partial charge in [-0.1, -0.05) is 11.6 Å². The van der Waals surface area contributed by atoms with Crippen LogP contribution in [0.2, 0.25) is 5.15 Å². The maximum atomic E-state index is 12.4. The number of morpholine rings is 1. The summed E-state index contributed by atoms with van der Waals surface area (Å²) in [5.74, 6) is -0.565. The summed E-state index contributed by atoms with van der Waals surface area (Å²) in [6.07, 6.45) is 1.30. The van der Waals surface area contributed by atoms with Crippen LogP contribution in [0.3, 0.4) is 0 Å². The molecule has 2 rings (SSSR count). The first-order valence-corrected chi connectivity index (χ1v) is 6.58. The molecule has 1 aliphatic heterocycles. The second-order valence-corrected chi connectivity index (χ2v) is 4.72. The second-order valence-electron chi connectivity index (χ2n) is 4.37. The van der Waals surface area contributed by atoms with E-state index in [2.05, 4.69) is 9.72 Å². The van der Waals surface area contributed by atoms with Crippen LogP contribution >= 0.6 is 11.6 Å². The van der Waals surface area contributed by atoms with E-state index in [-0.39, 0.29) is 29.6 Å². The van der Waals surface area contributed by atoms with Crippen LogP contribution in [0.15, 0.2) is 18.3 Å². The molecule has 1 fully saturated rings. The molecule has 6 nitrogen and oxygen atoms in total. The Balaban J connectivity index is 2.03. The third-order valence-corrected chi connectivity index (χ3v) is 3.34. The van der Waals surface area contributed by atoms with Crippen molar-refractivity contribution in [2.45, 2.75) is 12.5 Å². The predicted molar refractivity (Wildman–Crippen MR) is 71.5 cm³/mol. The van der Waals surface area contributed by atoms with Gasteiger partial charge in [-0.25, -0.2) is 4.98 Å². The number of esters is 1. The highest BCUT2D eigenvalue weighted by atomic mass is 35.5. The number of aromatic nitrogens is 1. The SMILES string of the molecule is COC(=O)CC1CN(C(=O)c2cccnc2Cl)CCO1.